The van der Waals surface area contributed by atoms with Crippen molar-refractivity contribution in [2.75, 3.05) is 13.1 Å². The van der Waals surface area contributed by atoms with Gasteiger partial charge < -0.3 is 4.90 Å². The normalized spacial score (nSPS) is 24.3. The molecule has 3 aromatic carbocycles. The Labute approximate surface area is 242 Å². The van der Waals surface area contributed by atoms with Crippen LogP contribution >= 0.6 is 11.6 Å². The van der Waals surface area contributed by atoms with E-state index >= 15 is 4.39 Å². The van der Waals surface area contributed by atoms with Crippen molar-refractivity contribution in [3.63, 3.8) is 0 Å². The lowest BCUT2D eigenvalue weighted by molar-refractivity contribution is -0.136. The number of piperazine rings is 1. The zero-order valence-corrected chi connectivity index (χ0v) is 23.2. The van der Waals surface area contributed by atoms with Crippen molar-refractivity contribution in [3.8, 4) is 11.1 Å². The number of carbonyl (C=O) groups excluding carboxylic acids is 3. The average Bonchev–Trinajstić information content (AvgIpc) is 3.29. The number of fused-ring (bicyclic) bond motifs is 3. The first-order valence-corrected chi connectivity index (χ1v) is 14.5. The highest BCUT2D eigenvalue weighted by Gasteiger charge is 2.45. The molecular formula is C32H30ClFN4O3. The minimum atomic E-state index is -0.749. The molecule has 4 saturated heterocycles. The Bertz CT molecular complexity index is 1550. The molecule has 2 bridgehead atoms. The number of piperidine rings is 2. The summed E-state index contributed by atoms with van der Waals surface area (Å²) in [7, 11) is 0. The molecule has 210 valence electrons. The number of rotatable bonds is 6. The highest BCUT2D eigenvalue weighted by molar-refractivity contribution is 6.30. The second-order valence-corrected chi connectivity index (χ2v) is 12.0. The largest absolute Gasteiger partial charge is 0.322 e. The molecule has 3 unspecified atom stereocenters. The van der Waals surface area contributed by atoms with Gasteiger partial charge in [0.2, 0.25) is 11.8 Å². The summed E-state index contributed by atoms with van der Waals surface area (Å²) >= 11 is 6.10. The summed E-state index contributed by atoms with van der Waals surface area (Å²) in [6.07, 6.45) is 1.56. The van der Waals surface area contributed by atoms with Gasteiger partial charge >= 0.3 is 0 Å². The Balaban J connectivity index is 1.02. The molecular weight excluding hydrogens is 543 g/mol. The van der Waals surface area contributed by atoms with Gasteiger partial charge in [-0.05, 0) is 58.9 Å². The third-order valence-electron chi connectivity index (χ3n) is 8.99. The van der Waals surface area contributed by atoms with Crippen LogP contribution in [0.25, 0.3) is 11.1 Å². The van der Waals surface area contributed by atoms with Crippen molar-refractivity contribution >= 4 is 29.3 Å². The minimum absolute atomic E-state index is 0.0489. The molecule has 3 aromatic rings. The third kappa shape index (κ3) is 4.84. The summed E-state index contributed by atoms with van der Waals surface area (Å²) in [5, 5.41) is 3.02. The second kappa shape index (κ2) is 10.4. The Kier molecular flexibility index (Phi) is 6.64. The molecule has 3 amide bonds. The molecule has 0 saturated carbocycles. The number of imide groups is 1. The fraction of sp³-hybridized carbons (Fsp3) is 0.344. The van der Waals surface area contributed by atoms with Crippen LogP contribution in [-0.2, 0) is 29.2 Å². The molecule has 0 aliphatic carbocycles. The second-order valence-electron chi connectivity index (χ2n) is 11.6. The van der Waals surface area contributed by atoms with Crippen LogP contribution in [0.3, 0.4) is 0 Å². The Morgan fingerprint density at radius 1 is 0.951 bits per heavy atom. The maximum Gasteiger partial charge on any atom is 0.258 e. The standard InChI is InChI=1S/C32H30ClFN4O3/c33-23-7-5-20(6-8-23)26-4-2-1-3-21(26)15-36-17-24-13-25(18-36)37(24)14-19-11-22-16-38(32(41)30(22)27(34)12-19)28-9-10-29(39)35-31(28)40/h1-8,11-12,24-25,28H,9-10,13-18H2,(H,35,39,40). The molecule has 7 nitrogen and oxygen atoms in total. The molecule has 5 heterocycles. The first-order chi connectivity index (χ1) is 19.8. The lowest BCUT2D eigenvalue weighted by Gasteiger charge is -2.56. The molecule has 41 heavy (non-hydrogen) atoms. The summed E-state index contributed by atoms with van der Waals surface area (Å²) in [6.45, 7) is 3.56. The van der Waals surface area contributed by atoms with Gasteiger partial charge in [-0.2, -0.15) is 0 Å². The van der Waals surface area contributed by atoms with Crippen molar-refractivity contribution in [2.24, 2.45) is 0 Å². The summed E-state index contributed by atoms with van der Waals surface area (Å²) < 4.78 is 15.2. The molecule has 0 spiro atoms. The predicted molar refractivity (Wildman–Crippen MR) is 152 cm³/mol. The van der Waals surface area contributed by atoms with Crippen LogP contribution in [-0.4, -0.2) is 63.6 Å². The molecule has 9 heteroatoms. The Morgan fingerprint density at radius 3 is 2.46 bits per heavy atom. The third-order valence-corrected chi connectivity index (χ3v) is 9.24. The fourth-order valence-corrected chi connectivity index (χ4v) is 7.12. The SMILES string of the molecule is O=C1CCC(N2Cc3cc(CN4C5CC4CN(Cc4ccccc4-c4ccc(Cl)cc4)C5)cc(F)c3C2=O)C(=O)N1. The minimum Gasteiger partial charge on any atom is -0.322 e. The van der Waals surface area contributed by atoms with E-state index in [1.54, 1.807) is 0 Å². The van der Waals surface area contributed by atoms with Gasteiger partial charge in [-0.1, -0.05) is 54.1 Å². The topological polar surface area (TPSA) is 73.0 Å². The van der Waals surface area contributed by atoms with E-state index in [-0.39, 0.29) is 30.9 Å². The van der Waals surface area contributed by atoms with Crippen molar-refractivity contribution in [1.29, 1.82) is 0 Å². The molecule has 0 radical (unpaired) electrons. The Morgan fingerprint density at radius 2 is 1.71 bits per heavy atom. The van der Waals surface area contributed by atoms with Gasteiger partial charge in [0, 0.05) is 56.3 Å². The number of halogens is 2. The van der Waals surface area contributed by atoms with Crippen LogP contribution in [0.4, 0.5) is 4.39 Å². The maximum absolute atomic E-state index is 15.2. The van der Waals surface area contributed by atoms with E-state index in [1.165, 1.54) is 22.1 Å². The summed E-state index contributed by atoms with van der Waals surface area (Å²) in [5.41, 5.74) is 5.16. The van der Waals surface area contributed by atoms with Crippen molar-refractivity contribution in [2.45, 2.75) is 57.0 Å². The van der Waals surface area contributed by atoms with Gasteiger partial charge in [0.05, 0.1) is 5.56 Å². The molecule has 1 N–H and O–H groups in total. The molecule has 3 atom stereocenters. The van der Waals surface area contributed by atoms with Gasteiger partial charge in [-0.15, -0.1) is 0 Å². The zero-order valence-electron chi connectivity index (χ0n) is 22.5. The van der Waals surface area contributed by atoms with Gasteiger partial charge in [-0.25, -0.2) is 4.39 Å². The number of carbonyl (C=O) groups is 3. The first-order valence-electron chi connectivity index (χ1n) is 14.1. The number of hydrogen-bond acceptors (Lipinski definition) is 5. The van der Waals surface area contributed by atoms with E-state index in [1.807, 2.05) is 18.2 Å². The number of benzene rings is 3. The molecule has 0 aromatic heterocycles. The number of nitrogens with zero attached hydrogens (tertiary/aromatic N) is 3. The van der Waals surface area contributed by atoms with Crippen molar-refractivity contribution in [3.05, 3.63) is 93.8 Å². The van der Waals surface area contributed by atoms with Crippen LogP contribution in [0.2, 0.25) is 5.02 Å². The molecule has 5 aliphatic heterocycles. The Hall–Kier alpha value is -3.59. The van der Waals surface area contributed by atoms with Crippen LogP contribution in [0.1, 0.15) is 46.3 Å². The van der Waals surface area contributed by atoms with E-state index in [2.05, 4.69) is 51.5 Å². The summed E-state index contributed by atoms with van der Waals surface area (Å²) in [5.74, 6) is -1.85. The smallest absolute Gasteiger partial charge is 0.258 e. The van der Waals surface area contributed by atoms with Crippen LogP contribution in [0.5, 0.6) is 0 Å². The van der Waals surface area contributed by atoms with Gasteiger partial charge in [0.15, 0.2) is 0 Å². The fourth-order valence-electron chi connectivity index (χ4n) is 6.99. The average molecular weight is 573 g/mol. The van der Waals surface area contributed by atoms with Gasteiger partial charge in [-0.3, -0.25) is 29.5 Å². The maximum atomic E-state index is 15.2. The zero-order chi connectivity index (χ0) is 28.2. The highest BCUT2D eigenvalue weighted by atomic mass is 35.5. The van der Waals surface area contributed by atoms with Crippen LogP contribution in [0, 0.1) is 5.82 Å². The molecule has 4 fully saturated rings. The lowest BCUT2D eigenvalue weighted by Crippen LogP contribution is -2.67. The van der Waals surface area contributed by atoms with Crippen molar-refractivity contribution in [1.82, 2.24) is 20.0 Å². The van der Waals surface area contributed by atoms with E-state index in [0.29, 0.717) is 24.2 Å². The van der Waals surface area contributed by atoms with Gasteiger partial charge in [0.25, 0.3) is 5.91 Å². The van der Waals surface area contributed by atoms with E-state index in [4.69, 9.17) is 11.6 Å². The monoisotopic (exact) mass is 572 g/mol. The number of amides is 3. The predicted octanol–water partition coefficient (Wildman–Crippen LogP) is 4.37. The van der Waals surface area contributed by atoms with Crippen LogP contribution in [0.15, 0.2) is 60.7 Å². The lowest BCUT2D eigenvalue weighted by atomic mass is 9.86. The van der Waals surface area contributed by atoms with Crippen LogP contribution < -0.4 is 5.32 Å². The van der Waals surface area contributed by atoms with E-state index in [0.717, 1.165) is 42.2 Å². The highest BCUT2D eigenvalue weighted by Crippen LogP contribution is 2.37. The first kappa shape index (κ1) is 26.3. The van der Waals surface area contributed by atoms with Gasteiger partial charge in [0.1, 0.15) is 11.9 Å². The van der Waals surface area contributed by atoms with Crippen molar-refractivity contribution < 1.29 is 18.8 Å². The van der Waals surface area contributed by atoms with E-state index < -0.39 is 23.7 Å². The quantitative estimate of drug-likeness (QED) is 0.444. The molecule has 8 rings (SSSR count). The summed E-state index contributed by atoms with van der Waals surface area (Å²) in [6, 6.07) is 19.9. The van der Waals surface area contributed by atoms with E-state index in [9.17, 15) is 14.4 Å². The molecule has 5 aliphatic rings. The summed E-state index contributed by atoms with van der Waals surface area (Å²) in [4.78, 5) is 43.3. The number of hydrogen-bond donors (Lipinski definition) is 1. The number of nitrogens with one attached hydrogen (secondary N) is 1.